The van der Waals surface area contributed by atoms with Crippen molar-refractivity contribution in [3.8, 4) is 0 Å². The van der Waals surface area contributed by atoms with Crippen LogP contribution in [0.5, 0.6) is 0 Å². The molecule has 0 saturated heterocycles. The summed E-state index contributed by atoms with van der Waals surface area (Å²) in [5, 5.41) is 9.59. The van der Waals surface area contributed by atoms with Crippen LogP contribution in [0.3, 0.4) is 0 Å². The second-order valence-corrected chi connectivity index (χ2v) is 4.18. The average Bonchev–Trinajstić information content (AvgIpc) is 2.62. The topological polar surface area (TPSA) is 82.1 Å². The van der Waals surface area contributed by atoms with Gasteiger partial charge in [0.1, 0.15) is 0 Å². The van der Waals surface area contributed by atoms with Crippen molar-refractivity contribution in [3.05, 3.63) is 23.3 Å². The zero-order valence-corrected chi connectivity index (χ0v) is 10.1. The molecule has 2 heterocycles. The van der Waals surface area contributed by atoms with Gasteiger partial charge in [0.15, 0.2) is 6.29 Å². The summed E-state index contributed by atoms with van der Waals surface area (Å²) in [6, 6.07) is 0. The number of carbonyl (C=O) groups is 2. The molecule has 98 valence electrons. The molecule has 2 aliphatic rings. The van der Waals surface area contributed by atoms with Crippen LogP contribution in [0.15, 0.2) is 23.3 Å². The van der Waals surface area contributed by atoms with Gasteiger partial charge in [-0.1, -0.05) is 6.08 Å². The minimum Gasteiger partial charge on any atom is -0.421 e. The smallest absolute Gasteiger partial charge is 0.334 e. The molecule has 6 heteroatoms. The fourth-order valence-corrected chi connectivity index (χ4v) is 1.83. The Kier molecular flexibility index (Phi) is 3.49. The summed E-state index contributed by atoms with van der Waals surface area (Å²) in [5.74, 6) is -1.13. The first-order chi connectivity index (χ1) is 8.47. The standard InChI is InChI=1S/C12H14O6/c1-6-3-4-9(17-11(6)15)8-5-10(14)18-12(8)16-7(2)13/h3,5,9,11-12,15H,4H2,1-2H3/t9-,11-,12+/m0/s1. The summed E-state index contributed by atoms with van der Waals surface area (Å²) in [6.45, 7) is 2.97. The first kappa shape index (κ1) is 12.8. The molecule has 18 heavy (non-hydrogen) atoms. The molecule has 0 saturated carbocycles. The molecule has 0 aromatic heterocycles. The summed E-state index contributed by atoms with van der Waals surface area (Å²) in [6.07, 6.45) is 0.937. The van der Waals surface area contributed by atoms with E-state index >= 15 is 0 Å². The molecule has 0 bridgehead atoms. The van der Waals surface area contributed by atoms with Crippen LogP contribution in [0, 0.1) is 0 Å². The van der Waals surface area contributed by atoms with Crippen LogP contribution in [0.25, 0.3) is 0 Å². The first-order valence-electron chi connectivity index (χ1n) is 5.57. The first-order valence-corrected chi connectivity index (χ1v) is 5.57. The lowest BCUT2D eigenvalue weighted by Crippen LogP contribution is -2.33. The Labute approximate surface area is 104 Å². The Morgan fingerprint density at radius 1 is 1.56 bits per heavy atom. The number of aliphatic hydroxyl groups is 1. The van der Waals surface area contributed by atoms with Gasteiger partial charge >= 0.3 is 11.9 Å². The number of cyclic esters (lactones) is 1. The van der Waals surface area contributed by atoms with Gasteiger partial charge in [-0.2, -0.15) is 0 Å². The number of ether oxygens (including phenoxy) is 3. The van der Waals surface area contributed by atoms with Crippen LogP contribution in [0.4, 0.5) is 0 Å². The van der Waals surface area contributed by atoms with E-state index in [0.29, 0.717) is 17.6 Å². The third-order valence-electron chi connectivity index (χ3n) is 2.76. The zero-order chi connectivity index (χ0) is 13.3. The molecule has 3 atom stereocenters. The van der Waals surface area contributed by atoms with E-state index in [2.05, 4.69) is 0 Å². The molecule has 0 radical (unpaired) electrons. The number of hydrogen-bond donors (Lipinski definition) is 1. The van der Waals surface area contributed by atoms with Crippen molar-refractivity contribution in [1.82, 2.24) is 0 Å². The Bertz CT molecular complexity index is 436. The molecule has 0 amide bonds. The zero-order valence-electron chi connectivity index (χ0n) is 10.1. The monoisotopic (exact) mass is 254 g/mol. The Balaban J connectivity index is 2.13. The lowest BCUT2D eigenvalue weighted by Gasteiger charge is -2.28. The lowest BCUT2D eigenvalue weighted by molar-refractivity contribution is -0.176. The fraction of sp³-hybridized carbons (Fsp3) is 0.500. The van der Waals surface area contributed by atoms with Gasteiger partial charge in [0.25, 0.3) is 6.29 Å². The SMILES string of the molecule is CC(=O)O[C@@H]1OC(=O)C=C1[C@@H]1CC=C(C)[C@@H](O)O1. The van der Waals surface area contributed by atoms with Crippen molar-refractivity contribution in [1.29, 1.82) is 0 Å². The van der Waals surface area contributed by atoms with Gasteiger partial charge in [0.2, 0.25) is 0 Å². The van der Waals surface area contributed by atoms with Crippen LogP contribution in [-0.2, 0) is 23.8 Å². The average molecular weight is 254 g/mol. The Morgan fingerprint density at radius 2 is 2.28 bits per heavy atom. The van der Waals surface area contributed by atoms with Crippen LogP contribution < -0.4 is 0 Å². The third-order valence-corrected chi connectivity index (χ3v) is 2.76. The van der Waals surface area contributed by atoms with Crippen molar-refractivity contribution in [2.24, 2.45) is 0 Å². The molecule has 0 aromatic carbocycles. The van der Waals surface area contributed by atoms with Crippen LogP contribution in [0.1, 0.15) is 20.3 Å². The maximum absolute atomic E-state index is 11.2. The van der Waals surface area contributed by atoms with Crippen molar-refractivity contribution in [2.75, 3.05) is 0 Å². The third kappa shape index (κ3) is 2.60. The summed E-state index contributed by atoms with van der Waals surface area (Å²) >= 11 is 0. The number of rotatable bonds is 2. The summed E-state index contributed by atoms with van der Waals surface area (Å²) < 4.78 is 15.1. The van der Waals surface area contributed by atoms with E-state index in [0.717, 1.165) is 0 Å². The lowest BCUT2D eigenvalue weighted by atomic mass is 10.0. The summed E-state index contributed by atoms with van der Waals surface area (Å²) in [5.41, 5.74) is 1.12. The highest BCUT2D eigenvalue weighted by molar-refractivity contribution is 5.86. The van der Waals surface area contributed by atoms with E-state index < -0.39 is 30.6 Å². The van der Waals surface area contributed by atoms with Gasteiger partial charge in [-0.15, -0.1) is 0 Å². The molecular formula is C12H14O6. The van der Waals surface area contributed by atoms with E-state index in [9.17, 15) is 14.7 Å². The highest BCUT2D eigenvalue weighted by Crippen LogP contribution is 2.29. The summed E-state index contributed by atoms with van der Waals surface area (Å²) in [4.78, 5) is 22.1. The van der Waals surface area contributed by atoms with Crippen molar-refractivity contribution < 1.29 is 28.9 Å². The van der Waals surface area contributed by atoms with E-state index in [1.165, 1.54) is 13.0 Å². The highest BCUT2D eigenvalue weighted by atomic mass is 16.7. The molecule has 0 fully saturated rings. The molecular weight excluding hydrogens is 240 g/mol. The molecule has 2 aliphatic heterocycles. The van der Waals surface area contributed by atoms with Gasteiger partial charge in [-0.3, -0.25) is 4.79 Å². The van der Waals surface area contributed by atoms with Gasteiger partial charge in [0.05, 0.1) is 6.10 Å². The predicted molar refractivity (Wildman–Crippen MR) is 59.0 cm³/mol. The second-order valence-electron chi connectivity index (χ2n) is 4.18. The number of carbonyl (C=O) groups excluding carboxylic acids is 2. The van der Waals surface area contributed by atoms with Gasteiger partial charge in [0, 0.05) is 18.6 Å². The van der Waals surface area contributed by atoms with E-state index in [1.807, 2.05) is 6.08 Å². The van der Waals surface area contributed by atoms with Gasteiger partial charge in [-0.05, 0) is 18.9 Å². The molecule has 0 spiro atoms. The van der Waals surface area contributed by atoms with Crippen LogP contribution >= 0.6 is 0 Å². The molecule has 2 rings (SSSR count). The minimum atomic E-state index is -1.06. The van der Waals surface area contributed by atoms with Crippen LogP contribution in [-0.4, -0.2) is 35.7 Å². The van der Waals surface area contributed by atoms with Crippen molar-refractivity contribution in [3.63, 3.8) is 0 Å². The van der Waals surface area contributed by atoms with Gasteiger partial charge in [-0.25, -0.2) is 4.79 Å². The maximum atomic E-state index is 11.2. The van der Waals surface area contributed by atoms with Crippen molar-refractivity contribution in [2.45, 2.75) is 39.0 Å². The maximum Gasteiger partial charge on any atom is 0.334 e. The Morgan fingerprint density at radius 3 is 2.89 bits per heavy atom. The van der Waals surface area contributed by atoms with Gasteiger partial charge < -0.3 is 19.3 Å². The van der Waals surface area contributed by atoms with E-state index in [-0.39, 0.29) is 0 Å². The van der Waals surface area contributed by atoms with E-state index in [1.54, 1.807) is 6.92 Å². The second kappa shape index (κ2) is 4.91. The normalized spacial score (nSPS) is 31.5. The molecule has 0 aliphatic carbocycles. The molecule has 6 nitrogen and oxygen atoms in total. The number of aliphatic hydroxyl groups excluding tert-OH is 1. The van der Waals surface area contributed by atoms with Crippen LogP contribution in [0.2, 0.25) is 0 Å². The number of esters is 2. The fourth-order valence-electron chi connectivity index (χ4n) is 1.83. The quantitative estimate of drug-likeness (QED) is 0.568. The van der Waals surface area contributed by atoms with Crippen molar-refractivity contribution >= 4 is 11.9 Å². The minimum absolute atomic E-state index is 0.415. The molecule has 0 aromatic rings. The highest BCUT2D eigenvalue weighted by Gasteiger charge is 2.36. The summed E-state index contributed by atoms with van der Waals surface area (Å²) in [7, 11) is 0. The molecule has 0 unspecified atom stereocenters. The van der Waals surface area contributed by atoms with E-state index in [4.69, 9.17) is 14.2 Å². The largest absolute Gasteiger partial charge is 0.421 e. The molecule has 1 N–H and O–H groups in total. The number of hydrogen-bond acceptors (Lipinski definition) is 6. The Hall–Kier alpha value is -1.66. The predicted octanol–water partition coefficient (Wildman–Crippen LogP) is 0.412.